The molecule has 37 heavy (non-hydrogen) atoms. The first-order valence-corrected chi connectivity index (χ1v) is 12.5. The first kappa shape index (κ1) is 28.3. The number of aliphatic hydroxyl groups is 2. The van der Waals surface area contributed by atoms with Crippen LogP contribution in [0.5, 0.6) is 17.2 Å². The number of aliphatic carboxylic acids is 2. The van der Waals surface area contributed by atoms with Gasteiger partial charge in [-0.1, -0.05) is 31.4 Å². The van der Waals surface area contributed by atoms with Crippen molar-refractivity contribution in [1.29, 1.82) is 0 Å². The van der Waals surface area contributed by atoms with Crippen molar-refractivity contribution in [1.82, 2.24) is 0 Å². The maximum absolute atomic E-state index is 11.3. The van der Waals surface area contributed by atoms with Gasteiger partial charge in [-0.15, -0.1) is 0 Å². The number of carbonyl (C=O) groups is 2. The highest BCUT2D eigenvalue weighted by molar-refractivity contribution is 6.27. The summed E-state index contributed by atoms with van der Waals surface area (Å²) in [5.41, 5.74) is 2.55. The fourth-order valence-electron chi connectivity index (χ4n) is 5.21. The van der Waals surface area contributed by atoms with Gasteiger partial charge in [0.15, 0.2) is 0 Å². The van der Waals surface area contributed by atoms with Gasteiger partial charge < -0.3 is 34.6 Å². The number of ether oxygens (including phenoxy) is 3. The topological polar surface area (TPSA) is 143 Å². The number of methoxy groups -OCH3 is 2. The molecule has 4 N–H and O–H groups in total. The molecular formula is C28H36O9. The fourth-order valence-corrected chi connectivity index (χ4v) is 5.21. The summed E-state index contributed by atoms with van der Waals surface area (Å²) in [5.74, 6) is -1.14. The van der Waals surface area contributed by atoms with E-state index >= 15 is 0 Å². The van der Waals surface area contributed by atoms with E-state index in [1.54, 1.807) is 14.2 Å². The normalized spacial score (nSPS) is 20.5. The third-order valence-corrected chi connectivity index (χ3v) is 7.02. The van der Waals surface area contributed by atoms with Gasteiger partial charge in [0.2, 0.25) is 0 Å². The van der Waals surface area contributed by atoms with Crippen LogP contribution >= 0.6 is 0 Å². The van der Waals surface area contributed by atoms with Crippen molar-refractivity contribution in [3.8, 4) is 17.2 Å². The molecule has 0 aromatic heterocycles. The molecule has 0 spiro atoms. The minimum absolute atomic E-state index is 0.235. The van der Waals surface area contributed by atoms with Gasteiger partial charge in [-0.25, -0.2) is 9.59 Å². The monoisotopic (exact) mass is 516 g/mol. The number of rotatable bonds is 9. The number of aliphatic hydroxyl groups excluding tert-OH is 1. The molecule has 9 heteroatoms. The second kappa shape index (κ2) is 12.8. The number of benzene rings is 2. The van der Waals surface area contributed by atoms with Crippen molar-refractivity contribution in [2.24, 2.45) is 0 Å². The van der Waals surface area contributed by atoms with Gasteiger partial charge in [-0.3, -0.25) is 0 Å². The average Bonchev–Trinajstić information content (AvgIpc) is 3.05. The molecule has 2 aliphatic carbocycles. The molecule has 2 aromatic rings. The summed E-state index contributed by atoms with van der Waals surface area (Å²) < 4.78 is 16.7. The number of aryl methyl sites for hydroxylation is 1. The molecule has 202 valence electrons. The standard InChI is InChI=1S/C26H34O5.C2H2O4/c1-29-20-14-18(15-21(16-20)30-2)8-6-9-19(27)17-31-24-12-7-10-22-23-11-4-3-5-13-26(23,28)25(22)24;3-1(4)2(5)6/h7,10,12,14-16,19,23,27-28H,3-6,8-9,11,13,17H2,1-2H3;(H,3,4)(H,5,6). The third-order valence-electron chi connectivity index (χ3n) is 7.02. The van der Waals surface area contributed by atoms with E-state index in [0.29, 0.717) is 6.42 Å². The van der Waals surface area contributed by atoms with Crippen LogP contribution in [0.4, 0.5) is 0 Å². The smallest absolute Gasteiger partial charge is 0.414 e. The van der Waals surface area contributed by atoms with Gasteiger partial charge in [0, 0.05) is 17.5 Å². The van der Waals surface area contributed by atoms with E-state index in [1.165, 1.54) is 18.4 Å². The molecular weight excluding hydrogens is 480 g/mol. The van der Waals surface area contributed by atoms with Crippen LogP contribution in [0.1, 0.15) is 67.6 Å². The summed E-state index contributed by atoms with van der Waals surface area (Å²) in [6.07, 6.45) is 7.01. The molecule has 0 aliphatic heterocycles. The summed E-state index contributed by atoms with van der Waals surface area (Å²) in [5, 5.41) is 36.6. The first-order valence-electron chi connectivity index (χ1n) is 12.5. The van der Waals surface area contributed by atoms with E-state index in [0.717, 1.165) is 60.5 Å². The maximum Gasteiger partial charge on any atom is 0.414 e. The van der Waals surface area contributed by atoms with Crippen molar-refractivity contribution in [3.05, 3.63) is 53.1 Å². The zero-order valence-electron chi connectivity index (χ0n) is 21.3. The number of carboxylic acids is 2. The maximum atomic E-state index is 11.3. The Balaban J connectivity index is 0.000000568. The Kier molecular flexibility index (Phi) is 9.77. The Labute approximate surface area is 216 Å². The molecule has 1 fully saturated rings. The van der Waals surface area contributed by atoms with Crippen LogP contribution in [-0.4, -0.2) is 59.3 Å². The van der Waals surface area contributed by atoms with Gasteiger partial charge in [0.1, 0.15) is 29.5 Å². The lowest BCUT2D eigenvalue weighted by molar-refractivity contribution is -0.159. The van der Waals surface area contributed by atoms with Gasteiger partial charge in [0.05, 0.1) is 20.3 Å². The predicted octanol–water partition coefficient (Wildman–Crippen LogP) is 3.87. The van der Waals surface area contributed by atoms with E-state index in [1.807, 2.05) is 30.3 Å². The lowest BCUT2D eigenvalue weighted by atomic mass is 9.61. The van der Waals surface area contributed by atoms with Crippen LogP contribution in [0.25, 0.3) is 0 Å². The van der Waals surface area contributed by atoms with Crippen LogP contribution < -0.4 is 14.2 Å². The lowest BCUT2D eigenvalue weighted by Crippen LogP contribution is -2.43. The van der Waals surface area contributed by atoms with Crippen molar-refractivity contribution < 1.29 is 44.2 Å². The molecule has 1 saturated carbocycles. The molecule has 4 rings (SSSR count). The van der Waals surface area contributed by atoms with Crippen LogP contribution in [0.2, 0.25) is 0 Å². The van der Waals surface area contributed by atoms with Gasteiger partial charge in [-0.2, -0.15) is 0 Å². The van der Waals surface area contributed by atoms with Crippen LogP contribution in [-0.2, 0) is 21.6 Å². The highest BCUT2D eigenvalue weighted by Gasteiger charge is 2.52. The highest BCUT2D eigenvalue weighted by Crippen LogP contribution is 2.59. The Morgan fingerprint density at radius 1 is 1.03 bits per heavy atom. The zero-order valence-corrected chi connectivity index (χ0v) is 21.3. The summed E-state index contributed by atoms with van der Waals surface area (Å²) >= 11 is 0. The molecule has 3 unspecified atom stereocenters. The molecule has 2 aromatic carbocycles. The van der Waals surface area contributed by atoms with Gasteiger partial charge in [0.25, 0.3) is 0 Å². The van der Waals surface area contributed by atoms with Crippen LogP contribution in [0, 0.1) is 0 Å². The Hall–Kier alpha value is -3.30. The fraction of sp³-hybridized carbons (Fsp3) is 0.500. The minimum atomic E-state index is -1.82. The van der Waals surface area contributed by atoms with Gasteiger partial charge in [-0.05, 0) is 61.4 Å². The lowest BCUT2D eigenvalue weighted by Gasteiger charge is -2.47. The largest absolute Gasteiger partial charge is 0.497 e. The highest BCUT2D eigenvalue weighted by atomic mass is 16.5. The van der Waals surface area contributed by atoms with Crippen molar-refractivity contribution in [2.45, 2.75) is 69.0 Å². The Morgan fingerprint density at radius 2 is 1.70 bits per heavy atom. The van der Waals surface area contributed by atoms with Crippen molar-refractivity contribution in [2.75, 3.05) is 20.8 Å². The number of fused-ring (bicyclic) bond motifs is 4. The molecule has 0 saturated heterocycles. The summed E-state index contributed by atoms with van der Waals surface area (Å²) in [6, 6.07) is 11.9. The quantitative estimate of drug-likeness (QED) is 0.365. The van der Waals surface area contributed by atoms with Crippen molar-refractivity contribution in [3.63, 3.8) is 0 Å². The number of hydrogen-bond acceptors (Lipinski definition) is 7. The molecule has 0 heterocycles. The van der Waals surface area contributed by atoms with Crippen LogP contribution in [0.15, 0.2) is 36.4 Å². The van der Waals surface area contributed by atoms with E-state index in [4.69, 9.17) is 34.0 Å². The Bertz CT molecular complexity index is 1050. The summed E-state index contributed by atoms with van der Waals surface area (Å²) in [4.78, 5) is 18.2. The SMILES string of the molecule is COc1cc(CCCC(O)COc2cccc3c2C2(O)CCCCCC32)cc(OC)c1.O=C(O)C(=O)O. The van der Waals surface area contributed by atoms with Crippen molar-refractivity contribution >= 4 is 11.9 Å². The molecule has 3 atom stereocenters. The zero-order chi connectivity index (χ0) is 27.0. The second-order valence-corrected chi connectivity index (χ2v) is 9.48. The molecule has 0 radical (unpaired) electrons. The minimum Gasteiger partial charge on any atom is -0.497 e. The summed E-state index contributed by atoms with van der Waals surface area (Å²) in [7, 11) is 3.29. The van der Waals surface area contributed by atoms with E-state index < -0.39 is 23.6 Å². The molecule has 0 amide bonds. The molecule has 9 nitrogen and oxygen atoms in total. The molecule has 0 bridgehead atoms. The van der Waals surface area contributed by atoms with Gasteiger partial charge >= 0.3 is 11.9 Å². The molecule has 2 aliphatic rings. The Morgan fingerprint density at radius 3 is 2.32 bits per heavy atom. The van der Waals surface area contributed by atoms with Crippen LogP contribution in [0.3, 0.4) is 0 Å². The number of carboxylic acid groups (broad SMARTS) is 2. The average molecular weight is 517 g/mol. The third kappa shape index (κ3) is 6.93. The number of hydrogen-bond donors (Lipinski definition) is 4. The summed E-state index contributed by atoms with van der Waals surface area (Å²) in [6.45, 7) is 0.235. The first-order chi connectivity index (χ1) is 17.7. The van der Waals surface area contributed by atoms with E-state index in [-0.39, 0.29) is 12.5 Å². The van der Waals surface area contributed by atoms with E-state index in [9.17, 15) is 10.2 Å². The van der Waals surface area contributed by atoms with E-state index in [2.05, 4.69) is 6.07 Å². The second-order valence-electron chi connectivity index (χ2n) is 9.48. The predicted molar refractivity (Wildman–Crippen MR) is 135 cm³/mol.